The van der Waals surface area contributed by atoms with Gasteiger partial charge < -0.3 is 14.8 Å². The first kappa shape index (κ1) is 19.6. The zero-order valence-corrected chi connectivity index (χ0v) is 14.7. The van der Waals surface area contributed by atoms with Gasteiger partial charge in [0.05, 0.1) is 30.8 Å². The molecule has 0 radical (unpaired) electrons. The number of hydrogen-bond acceptors (Lipinski definition) is 5. The molecule has 0 aromatic heterocycles. The van der Waals surface area contributed by atoms with Crippen molar-refractivity contribution < 1.29 is 32.2 Å². The van der Waals surface area contributed by atoms with Crippen molar-refractivity contribution in [1.29, 1.82) is 0 Å². The summed E-state index contributed by atoms with van der Waals surface area (Å²) < 4.78 is 51.3. The molecule has 26 heavy (non-hydrogen) atoms. The predicted molar refractivity (Wildman–Crippen MR) is 86.2 cm³/mol. The maximum atomic E-state index is 14.5. The maximum Gasteiger partial charge on any atom is 0.336 e. The SMILES string of the molecule is CCOC(=O)C1=C(C)NC(C)=C(C(=O)OC)C1c1ccc(F)c(F)c1F. The number of nitrogens with one attached hydrogen (secondary N) is 1. The summed E-state index contributed by atoms with van der Waals surface area (Å²) in [6.45, 7) is 4.69. The van der Waals surface area contributed by atoms with E-state index in [2.05, 4.69) is 5.32 Å². The van der Waals surface area contributed by atoms with E-state index in [4.69, 9.17) is 9.47 Å². The number of carbonyl (C=O) groups excluding carboxylic acids is 2. The van der Waals surface area contributed by atoms with Crippen LogP contribution in [0.3, 0.4) is 0 Å². The molecule has 1 atom stereocenters. The first-order chi connectivity index (χ1) is 12.2. The minimum Gasteiger partial charge on any atom is -0.466 e. The Kier molecular flexibility index (Phi) is 5.74. The summed E-state index contributed by atoms with van der Waals surface area (Å²) in [6.07, 6.45) is 0. The molecule has 1 aliphatic rings. The fourth-order valence-electron chi connectivity index (χ4n) is 2.93. The average molecular weight is 369 g/mol. The molecule has 1 unspecified atom stereocenters. The first-order valence-electron chi connectivity index (χ1n) is 7.81. The lowest BCUT2D eigenvalue weighted by Gasteiger charge is -2.30. The van der Waals surface area contributed by atoms with Gasteiger partial charge in [-0.15, -0.1) is 0 Å². The Morgan fingerprint density at radius 3 is 2.15 bits per heavy atom. The first-order valence-corrected chi connectivity index (χ1v) is 7.81. The number of benzene rings is 1. The molecule has 0 fully saturated rings. The van der Waals surface area contributed by atoms with Gasteiger partial charge in [0.2, 0.25) is 0 Å². The second kappa shape index (κ2) is 7.63. The molecule has 8 heteroatoms. The van der Waals surface area contributed by atoms with E-state index >= 15 is 0 Å². The predicted octanol–water partition coefficient (Wildman–Crippen LogP) is 3.07. The van der Waals surface area contributed by atoms with Crippen LogP contribution in [-0.2, 0) is 19.1 Å². The van der Waals surface area contributed by atoms with E-state index in [1.807, 2.05) is 0 Å². The molecule has 0 saturated heterocycles. The highest BCUT2D eigenvalue weighted by molar-refractivity contribution is 5.99. The summed E-state index contributed by atoms with van der Waals surface area (Å²) in [5.74, 6) is -7.50. The van der Waals surface area contributed by atoms with Crippen molar-refractivity contribution in [3.05, 3.63) is 57.7 Å². The largest absolute Gasteiger partial charge is 0.466 e. The fraction of sp³-hybridized carbons (Fsp3) is 0.333. The van der Waals surface area contributed by atoms with Crippen molar-refractivity contribution in [3.8, 4) is 0 Å². The molecule has 0 aliphatic carbocycles. The standard InChI is InChI=1S/C18H18F3NO4/c1-5-26-18(24)13-9(3)22-8(2)12(17(23)25-4)14(13)10-6-7-11(19)16(21)15(10)20/h6-7,14,22H,5H2,1-4H3. The molecule has 5 nitrogen and oxygen atoms in total. The Hall–Kier alpha value is -2.77. The maximum absolute atomic E-state index is 14.5. The van der Waals surface area contributed by atoms with Gasteiger partial charge in [0.25, 0.3) is 0 Å². The Labute approximate surface area is 148 Å². The van der Waals surface area contributed by atoms with E-state index in [0.29, 0.717) is 11.4 Å². The van der Waals surface area contributed by atoms with E-state index in [1.54, 1.807) is 6.92 Å². The molecule has 0 amide bonds. The van der Waals surface area contributed by atoms with Crippen LogP contribution in [0.5, 0.6) is 0 Å². The number of halogens is 3. The smallest absolute Gasteiger partial charge is 0.336 e. The second-order valence-corrected chi connectivity index (χ2v) is 5.61. The van der Waals surface area contributed by atoms with E-state index in [-0.39, 0.29) is 23.3 Å². The lowest BCUT2D eigenvalue weighted by molar-refractivity contribution is -0.139. The molecule has 0 saturated carbocycles. The van der Waals surface area contributed by atoms with Gasteiger partial charge in [-0.05, 0) is 26.8 Å². The molecule has 1 aromatic rings. The third-order valence-corrected chi connectivity index (χ3v) is 4.04. The van der Waals surface area contributed by atoms with Crippen LogP contribution in [0.1, 0.15) is 32.3 Å². The van der Waals surface area contributed by atoms with Gasteiger partial charge in [-0.1, -0.05) is 6.07 Å². The van der Waals surface area contributed by atoms with Crippen LogP contribution in [0.4, 0.5) is 13.2 Å². The van der Waals surface area contributed by atoms with Gasteiger partial charge in [0.1, 0.15) is 0 Å². The van der Waals surface area contributed by atoms with E-state index in [1.165, 1.54) is 13.8 Å². The zero-order valence-electron chi connectivity index (χ0n) is 14.7. The minimum atomic E-state index is -1.69. The summed E-state index contributed by atoms with van der Waals surface area (Å²) in [4.78, 5) is 24.7. The van der Waals surface area contributed by atoms with E-state index in [0.717, 1.165) is 19.2 Å². The molecule has 1 heterocycles. The molecular formula is C18H18F3NO4. The third kappa shape index (κ3) is 3.31. The average Bonchev–Trinajstić information content (AvgIpc) is 2.59. The molecule has 2 rings (SSSR count). The topological polar surface area (TPSA) is 64.6 Å². The third-order valence-electron chi connectivity index (χ3n) is 4.04. The van der Waals surface area contributed by atoms with Crippen molar-refractivity contribution in [3.63, 3.8) is 0 Å². The number of dihydropyridines is 1. The molecule has 0 spiro atoms. The fourth-order valence-corrected chi connectivity index (χ4v) is 2.93. The van der Waals surface area contributed by atoms with Crippen LogP contribution >= 0.6 is 0 Å². The number of ether oxygens (including phenoxy) is 2. The van der Waals surface area contributed by atoms with Crippen LogP contribution in [0.25, 0.3) is 0 Å². The molecule has 0 bridgehead atoms. The highest BCUT2D eigenvalue weighted by Gasteiger charge is 2.39. The summed E-state index contributed by atoms with van der Waals surface area (Å²) in [7, 11) is 1.12. The van der Waals surface area contributed by atoms with Gasteiger partial charge in [0, 0.05) is 17.0 Å². The number of hydrogen-bond donors (Lipinski definition) is 1. The van der Waals surface area contributed by atoms with Gasteiger partial charge in [-0.25, -0.2) is 22.8 Å². The van der Waals surface area contributed by atoms with E-state index < -0.39 is 35.3 Å². The number of rotatable bonds is 4. The van der Waals surface area contributed by atoms with Crippen LogP contribution in [0.2, 0.25) is 0 Å². The lowest BCUT2D eigenvalue weighted by Crippen LogP contribution is -2.32. The summed E-state index contributed by atoms with van der Waals surface area (Å²) >= 11 is 0. The normalized spacial score (nSPS) is 17.1. The van der Waals surface area contributed by atoms with Gasteiger partial charge in [-0.3, -0.25) is 0 Å². The summed E-state index contributed by atoms with van der Waals surface area (Å²) in [5.41, 5.74) is 0.0700. The van der Waals surface area contributed by atoms with Gasteiger partial charge >= 0.3 is 11.9 Å². The van der Waals surface area contributed by atoms with Gasteiger partial charge in [0.15, 0.2) is 17.5 Å². The molecule has 1 aliphatic heterocycles. The highest BCUT2D eigenvalue weighted by atomic mass is 19.2. The van der Waals surface area contributed by atoms with Crippen molar-refractivity contribution in [2.24, 2.45) is 0 Å². The monoisotopic (exact) mass is 369 g/mol. The van der Waals surface area contributed by atoms with Crippen LogP contribution in [0, 0.1) is 17.5 Å². The minimum absolute atomic E-state index is 0.0405. The molecule has 140 valence electrons. The van der Waals surface area contributed by atoms with Crippen molar-refractivity contribution in [1.82, 2.24) is 5.32 Å². The number of allylic oxidation sites excluding steroid dienone is 2. The quantitative estimate of drug-likeness (QED) is 0.653. The summed E-state index contributed by atoms with van der Waals surface area (Å²) in [6, 6.07) is 1.73. The number of esters is 2. The van der Waals surface area contributed by atoms with Crippen LogP contribution < -0.4 is 5.32 Å². The van der Waals surface area contributed by atoms with Crippen molar-refractivity contribution in [2.75, 3.05) is 13.7 Å². The number of carbonyl (C=O) groups is 2. The number of methoxy groups -OCH3 is 1. The Balaban J connectivity index is 2.77. The molecule has 1 N–H and O–H groups in total. The van der Waals surface area contributed by atoms with Crippen LogP contribution in [-0.4, -0.2) is 25.7 Å². The van der Waals surface area contributed by atoms with E-state index in [9.17, 15) is 22.8 Å². The second-order valence-electron chi connectivity index (χ2n) is 5.61. The summed E-state index contributed by atoms with van der Waals surface area (Å²) in [5, 5.41) is 2.85. The van der Waals surface area contributed by atoms with Crippen LogP contribution in [0.15, 0.2) is 34.7 Å². The Bertz CT molecular complexity index is 830. The van der Waals surface area contributed by atoms with Crippen molar-refractivity contribution in [2.45, 2.75) is 26.7 Å². The molecular weight excluding hydrogens is 351 g/mol. The van der Waals surface area contributed by atoms with Crippen molar-refractivity contribution >= 4 is 11.9 Å². The Morgan fingerprint density at radius 1 is 1.04 bits per heavy atom. The highest BCUT2D eigenvalue weighted by Crippen LogP contribution is 2.40. The van der Waals surface area contributed by atoms with Gasteiger partial charge in [-0.2, -0.15) is 0 Å². The Morgan fingerprint density at radius 2 is 1.62 bits per heavy atom. The lowest BCUT2D eigenvalue weighted by atomic mass is 9.80. The zero-order chi connectivity index (χ0) is 19.6. The molecule has 1 aromatic carbocycles.